The SMILES string of the molecule is CC(C)(C)OC(=O)Nc1cccc(C(=O)ON2C(=O)CCC2=O)c1. The minimum absolute atomic E-state index is 0.0202. The third-order valence-electron chi connectivity index (χ3n) is 2.92. The monoisotopic (exact) mass is 334 g/mol. The zero-order valence-corrected chi connectivity index (χ0v) is 13.6. The number of hydroxylamine groups is 2. The minimum atomic E-state index is -0.869. The van der Waals surface area contributed by atoms with Crippen LogP contribution in [0.1, 0.15) is 44.0 Å². The standard InChI is InChI=1S/C16H18N2O6/c1-16(2,3)23-15(22)17-11-6-4-5-10(9-11)14(21)24-18-12(19)7-8-13(18)20/h4-6,9H,7-8H2,1-3H3,(H,17,22). The molecule has 8 heteroatoms. The summed E-state index contributed by atoms with van der Waals surface area (Å²) in [5.41, 5.74) is -0.259. The summed E-state index contributed by atoms with van der Waals surface area (Å²) in [6, 6.07) is 5.88. The molecule has 0 unspecified atom stereocenters. The first-order valence-corrected chi connectivity index (χ1v) is 7.34. The molecule has 0 spiro atoms. The number of hydrogen-bond donors (Lipinski definition) is 1. The molecule has 1 aliphatic heterocycles. The van der Waals surface area contributed by atoms with E-state index in [4.69, 9.17) is 9.57 Å². The molecule has 2 rings (SSSR count). The van der Waals surface area contributed by atoms with Gasteiger partial charge in [0.2, 0.25) is 0 Å². The fourth-order valence-corrected chi connectivity index (χ4v) is 1.94. The van der Waals surface area contributed by atoms with Crippen LogP contribution in [0.5, 0.6) is 0 Å². The van der Waals surface area contributed by atoms with Gasteiger partial charge in [-0.15, -0.1) is 5.06 Å². The number of anilines is 1. The number of ether oxygens (including phenoxy) is 1. The van der Waals surface area contributed by atoms with Crippen LogP contribution in [0.25, 0.3) is 0 Å². The molecule has 1 aromatic rings. The van der Waals surface area contributed by atoms with Gasteiger partial charge >= 0.3 is 12.1 Å². The molecule has 0 saturated carbocycles. The summed E-state index contributed by atoms with van der Waals surface area (Å²) >= 11 is 0. The van der Waals surface area contributed by atoms with E-state index < -0.39 is 29.5 Å². The number of carbonyl (C=O) groups excluding carboxylic acids is 4. The van der Waals surface area contributed by atoms with E-state index in [1.54, 1.807) is 26.8 Å². The Morgan fingerprint density at radius 1 is 1.12 bits per heavy atom. The predicted molar refractivity (Wildman–Crippen MR) is 82.8 cm³/mol. The van der Waals surface area contributed by atoms with Crippen LogP contribution in [0.2, 0.25) is 0 Å². The van der Waals surface area contributed by atoms with Gasteiger partial charge in [-0.3, -0.25) is 14.9 Å². The summed E-state index contributed by atoms with van der Waals surface area (Å²) in [6.45, 7) is 5.18. The highest BCUT2D eigenvalue weighted by Gasteiger charge is 2.33. The van der Waals surface area contributed by atoms with E-state index in [0.29, 0.717) is 10.8 Å². The average molecular weight is 334 g/mol. The van der Waals surface area contributed by atoms with Gasteiger partial charge in [-0.05, 0) is 39.0 Å². The largest absolute Gasteiger partial charge is 0.444 e. The van der Waals surface area contributed by atoms with Gasteiger partial charge < -0.3 is 9.57 Å². The number of hydrogen-bond acceptors (Lipinski definition) is 6. The minimum Gasteiger partial charge on any atom is -0.444 e. The Kier molecular flexibility index (Phi) is 4.87. The van der Waals surface area contributed by atoms with Gasteiger partial charge in [-0.1, -0.05) is 6.07 Å². The highest BCUT2D eigenvalue weighted by Crippen LogP contribution is 2.17. The topological polar surface area (TPSA) is 102 Å². The van der Waals surface area contributed by atoms with E-state index in [0.717, 1.165) is 0 Å². The maximum Gasteiger partial charge on any atom is 0.412 e. The summed E-state index contributed by atoms with van der Waals surface area (Å²) in [7, 11) is 0. The van der Waals surface area contributed by atoms with Crippen LogP contribution in [0.3, 0.4) is 0 Å². The molecule has 128 valence electrons. The third kappa shape index (κ3) is 4.55. The van der Waals surface area contributed by atoms with Crippen molar-refractivity contribution in [2.75, 3.05) is 5.32 Å². The van der Waals surface area contributed by atoms with E-state index in [9.17, 15) is 19.2 Å². The summed E-state index contributed by atoms with van der Waals surface area (Å²) in [5, 5.41) is 2.96. The first kappa shape index (κ1) is 17.5. The van der Waals surface area contributed by atoms with Crippen LogP contribution in [-0.4, -0.2) is 34.5 Å². The second-order valence-electron chi connectivity index (χ2n) is 6.17. The van der Waals surface area contributed by atoms with Crippen LogP contribution < -0.4 is 5.32 Å². The Balaban J connectivity index is 2.04. The number of carbonyl (C=O) groups is 4. The Morgan fingerprint density at radius 3 is 2.33 bits per heavy atom. The van der Waals surface area contributed by atoms with Crippen LogP contribution in [0.15, 0.2) is 24.3 Å². The first-order valence-electron chi connectivity index (χ1n) is 7.34. The molecule has 0 atom stereocenters. The number of amides is 3. The number of rotatable bonds is 3. The Hall–Kier alpha value is -2.90. The predicted octanol–water partition coefficient (Wildman–Crippen LogP) is 2.25. The van der Waals surface area contributed by atoms with Crippen molar-refractivity contribution in [1.29, 1.82) is 0 Å². The van der Waals surface area contributed by atoms with Crippen LogP contribution >= 0.6 is 0 Å². The molecule has 3 amide bonds. The molecule has 1 N–H and O–H groups in total. The number of nitrogens with zero attached hydrogens (tertiary/aromatic N) is 1. The van der Waals surface area contributed by atoms with Gasteiger partial charge in [-0.25, -0.2) is 9.59 Å². The van der Waals surface area contributed by atoms with Gasteiger partial charge in [0.15, 0.2) is 0 Å². The van der Waals surface area contributed by atoms with Crippen molar-refractivity contribution >= 4 is 29.6 Å². The van der Waals surface area contributed by atoms with Crippen LogP contribution in [-0.2, 0) is 19.2 Å². The molecule has 1 heterocycles. The van der Waals surface area contributed by atoms with E-state index in [2.05, 4.69) is 5.32 Å². The zero-order chi connectivity index (χ0) is 17.9. The number of nitrogens with one attached hydrogen (secondary N) is 1. The summed E-state index contributed by atoms with van der Waals surface area (Å²) < 4.78 is 5.11. The van der Waals surface area contributed by atoms with E-state index in [1.807, 2.05) is 0 Å². The molecular formula is C16H18N2O6. The van der Waals surface area contributed by atoms with Crippen molar-refractivity contribution in [2.45, 2.75) is 39.2 Å². The molecule has 0 aliphatic carbocycles. The van der Waals surface area contributed by atoms with Crippen molar-refractivity contribution in [2.24, 2.45) is 0 Å². The molecule has 1 aliphatic rings. The average Bonchev–Trinajstić information content (AvgIpc) is 2.77. The maximum atomic E-state index is 12.0. The highest BCUT2D eigenvalue weighted by molar-refractivity contribution is 6.03. The van der Waals surface area contributed by atoms with Crippen LogP contribution in [0.4, 0.5) is 10.5 Å². The second-order valence-corrected chi connectivity index (χ2v) is 6.17. The molecule has 0 bridgehead atoms. The number of imide groups is 1. The second kappa shape index (κ2) is 6.69. The molecule has 1 aromatic carbocycles. The Bertz CT molecular complexity index is 676. The molecule has 1 fully saturated rings. The summed E-state index contributed by atoms with van der Waals surface area (Å²) in [5.74, 6) is -1.99. The van der Waals surface area contributed by atoms with Crippen molar-refractivity contribution in [3.05, 3.63) is 29.8 Å². The molecule has 0 aromatic heterocycles. The molecular weight excluding hydrogens is 316 g/mol. The first-order chi connectivity index (χ1) is 11.2. The lowest BCUT2D eigenvalue weighted by Crippen LogP contribution is -2.32. The zero-order valence-electron chi connectivity index (χ0n) is 13.6. The lowest BCUT2D eigenvalue weighted by molar-refractivity contribution is -0.172. The van der Waals surface area contributed by atoms with Crippen molar-refractivity contribution < 1.29 is 28.8 Å². The maximum absolute atomic E-state index is 12.0. The normalized spacial score (nSPS) is 14.5. The smallest absolute Gasteiger partial charge is 0.412 e. The van der Waals surface area contributed by atoms with Gasteiger partial charge in [0.25, 0.3) is 11.8 Å². The van der Waals surface area contributed by atoms with Crippen molar-refractivity contribution in [3.8, 4) is 0 Å². The van der Waals surface area contributed by atoms with Gasteiger partial charge in [0.1, 0.15) is 5.60 Å². The fourth-order valence-electron chi connectivity index (χ4n) is 1.94. The lowest BCUT2D eigenvalue weighted by Gasteiger charge is -2.19. The van der Waals surface area contributed by atoms with Gasteiger partial charge in [0, 0.05) is 18.5 Å². The summed E-state index contributed by atoms with van der Waals surface area (Å²) in [4.78, 5) is 51.5. The van der Waals surface area contributed by atoms with Gasteiger partial charge in [-0.2, -0.15) is 0 Å². The fraction of sp³-hybridized carbons (Fsp3) is 0.375. The quantitative estimate of drug-likeness (QED) is 0.851. The molecule has 8 nitrogen and oxygen atoms in total. The van der Waals surface area contributed by atoms with Crippen molar-refractivity contribution in [1.82, 2.24) is 5.06 Å². The molecule has 1 saturated heterocycles. The number of benzene rings is 1. The lowest BCUT2D eigenvalue weighted by atomic mass is 10.2. The molecule has 0 radical (unpaired) electrons. The van der Waals surface area contributed by atoms with E-state index in [1.165, 1.54) is 18.2 Å². The summed E-state index contributed by atoms with van der Waals surface area (Å²) in [6.07, 6.45) is -0.628. The third-order valence-corrected chi connectivity index (χ3v) is 2.92. The van der Waals surface area contributed by atoms with Crippen LogP contribution in [0, 0.1) is 0 Å². The van der Waals surface area contributed by atoms with Gasteiger partial charge in [0.05, 0.1) is 5.56 Å². The highest BCUT2D eigenvalue weighted by atomic mass is 16.7. The molecule has 24 heavy (non-hydrogen) atoms. The Labute approximate surface area is 138 Å². The van der Waals surface area contributed by atoms with Crippen molar-refractivity contribution in [3.63, 3.8) is 0 Å². The van der Waals surface area contributed by atoms with E-state index in [-0.39, 0.29) is 18.4 Å². The Morgan fingerprint density at radius 2 is 1.75 bits per heavy atom. The van der Waals surface area contributed by atoms with E-state index >= 15 is 0 Å².